The molecule has 0 spiro atoms. The molecule has 2 aromatic carbocycles. The Morgan fingerprint density at radius 2 is 2.00 bits per heavy atom. The third-order valence-corrected chi connectivity index (χ3v) is 4.69. The Bertz CT molecular complexity index is 978. The monoisotopic (exact) mass is 352 g/mol. The molecule has 5 nitrogen and oxygen atoms in total. The van der Waals surface area contributed by atoms with Crippen LogP contribution in [-0.2, 0) is 4.79 Å². The average Bonchev–Trinajstić information content (AvgIpc) is 2.99. The van der Waals surface area contributed by atoms with Crippen molar-refractivity contribution in [1.82, 2.24) is 4.98 Å². The smallest absolute Gasteiger partial charge is 0.248 e. The van der Waals surface area contributed by atoms with Crippen LogP contribution < -0.4 is 14.8 Å². The number of nitrogens with one attached hydrogen (secondary N) is 1. The molecule has 0 fully saturated rings. The molecule has 126 valence electrons. The van der Waals surface area contributed by atoms with Gasteiger partial charge in [0.1, 0.15) is 13.2 Å². The van der Waals surface area contributed by atoms with Crippen molar-refractivity contribution in [3.63, 3.8) is 0 Å². The summed E-state index contributed by atoms with van der Waals surface area (Å²) in [6.45, 7) is 3.08. The highest BCUT2D eigenvalue weighted by atomic mass is 32.1. The van der Waals surface area contributed by atoms with Gasteiger partial charge >= 0.3 is 0 Å². The normalized spacial score (nSPS) is 13.3. The van der Waals surface area contributed by atoms with Crippen LogP contribution in [-0.4, -0.2) is 24.1 Å². The highest BCUT2D eigenvalue weighted by molar-refractivity contribution is 7.18. The highest BCUT2D eigenvalue weighted by Gasteiger charge is 2.11. The number of anilines is 1. The Labute approximate surface area is 148 Å². The lowest BCUT2D eigenvalue weighted by Gasteiger charge is -2.18. The van der Waals surface area contributed by atoms with Gasteiger partial charge in [-0.15, -0.1) is 11.3 Å². The van der Waals surface area contributed by atoms with Crippen molar-refractivity contribution in [2.45, 2.75) is 6.92 Å². The minimum atomic E-state index is -0.185. The van der Waals surface area contributed by atoms with Gasteiger partial charge in [-0.1, -0.05) is 6.07 Å². The summed E-state index contributed by atoms with van der Waals surface area (Å²) in [5.74, 6) is 1.26. The summed E-state index contributed by atoms with van der Waals surface area (Å²) in [7, 11) is 0. The van der Waals surface area contributed by atoms with Crippen molar-refractivity contribution in [2.75, 3.05) is 18.5 Å². The summed E-state index contributed by atoms with van der Waals surface area (Å²) in [6.07, 6.45) is 3.26. The molecule has 0 atom stereocenters. The van der Waals surface area contributed by atoms with Crippen LogP contribution in [0.3, 0.4) is 0 Å². The fourth-order valence-electron chi connectivity index (χ4n) is 2.64. The number of benzene rings is 2. The molecule has 1 aliphatic heterocycles. The molecule has 0 saturated carbocycles. The molecule has 0 bridgehead atoms. The molecule has 2 heterocycles. The van der Waals surface area contributed by atoms with E-state index in [1.807, 2.05) is 43.3 Å². The summed E-state index contributed by atoms with van der Waals surface area (Å²) in [5.41, 5.74) is 2.59. The van der Waals surface area contributed by atoms with Gasteiger partial charge in [-0.2, -0.15) is 0 Å². The molecular weight excluding hydrogens is 336 g/mol. The van der Waals surface area contributed by atoms with Crippen LogP contribution in [0.4, 0.5) is 5.69 Å². The van der Waals surface area contributed by atoms with E-state index in [4.69, 9.17) is 9.47 Å². The Kier molecular flexibility index (Phi) is 4.11. The number of carbonyl (C=O) groups excluding carboxylic acids is 1. The van der Waals surface area contributed by atoms with Gasteiger partial charge in [0.2, 0.25) is 5.91 Å². The number of aryl methyl sites for hydroxylation is 1. The fourth-order valence-corrected chi connectivity index (χ4v) is 3.50. The van der Waals surface area contributed by atoms with Crippen molar-refractivity contribution in [3.8, 4) is 11.5 Å². The second-order valence-corrected chi connectivity index (χ2v) is 6.88. The lowest BCUT2D eigenvalue weighted by atomic mass is 10.2. The van der Waals surface area contributed by atoms with Crippen molar-refractivity contribution in [2.24, 2.45) is 0 Å². The number of ether oxygens (including phenoxy) is 2. The van der Waals surface area contributed by atoms with Crippen LogP contribution in [0, 0.1) is 6.92 Å². The number of carbonyl (C=O) groups is 1. The Morgan fingerprint density at radius 3 is 2.88 bits per heavy atom. The summed E-state index contributed by atoms with van der Waals surface area (Å²) in [4.78, 5) is 16.6. The lowest BCUT2D eigenvalue weighted by Crippen LogP contribution is -2.15. The van der Waals surface area contributed by atoms with Gasteiger partial charge in [-0.05, 0) is 48.9 Å². The topological polar surface area (TPSA) is 60.5 Å². The second kappa shape index (κ2) is 6.57. The summed E-state index contributed by atoms with van der Waals surface area (Å²) in [5, 5.41) is 3.88. The third-order valence-electron chi connectivity index (χ3n) is 3.76. The molecule has 0 unspecified atom stereocenters. The molecule has 4 rings (SSSR count). The molecular formula is C19H16N2O3S. The number of nitrogens with zero attached hydrogens (tertiary/aromatic N) is 1. The predicted molar refractivity (Wildman–Crippen MR) is 99.5 cm³/mol. The Morgan fingerprint density at radius 1 is 1.16 bits per heavy atom. The van der Waals surface area contributed by atoms with Crippen molar-refractivity contribution < 1.29 is 14.3 Å². The maximum absolute atomic E-state index is 12.1. The first-order chi connectivity index (χ1) is 12.2. The van der Waals surface area contributed by atoms with E-state index < -0.39 is 0 Å². The number of thiazole rings is 1. The summed E-state index contributed by atoms with van der Waals surface area (Å²) >= 11 is 1.61. The predicted octanol–water partition coefficient (Wildman–Crippen LogP) is 4.03. The Hall–Kier alpha value is -2.86. The summed E-state index contributed by atoms with van der Waals surface area (Å²) < 4.78 is 12.1. The van der Waals surface area contributed by atoms with Crippen molar-refractivity contribution >= 4 is 39.2 Å². The minimum absolute atomic E-state index is 0.185. The average molecular weight is 352 g/mol. The van der Waals surface area contributed by atoms with Gasteiger partial charge in [0.05, 0.1) is 15.2 Å². The van der Waals surface area contributed by atoms with E-state index in [0.717, 1.165) is 32.2 Å². The number of fused-ring (bicyclic) bond motifs is 2. The number of hydrogen-bond acceptors (Lipinski definition) is 5. The SMILES string of the molecule is Cc1nc2ccc(NC(=O)/C=C/c3ccc4c(c3)OCCO4)cc2s1. The first kappa shape index (κ1) is 15.7. The van der Waals surface area contributed by atoms with Gasteiger partial charge in [0.15, 0.2) is 11.5 Å². The van der Waals surface area contributed by atoms with E-state index in [0.29, 0.717) is 19.0 Å². The van der Waals surface area contributed by atoms with Crippen LogP contribution in [0.25, 0.3) is 16.3 Å². The van der Waals surface area contributed by atoms with Crippen LogP contribution in [0.1, 0.15) is 10.6 Å². The van der Waals surface area contributed by atoms with Crippen molar-refractivity contribution in [3.05, 3.63) is 53.0 Å². The molecule has 0 saturated heterocycles. The zero-order chi connectivity index (χ0) is 17.2. The molecule has 1 N–H and O–H groups in total. The highest BCUT2D eigenvalue weighted by Crippen LogP contribution is 2.31. The maximum Gasteiger partial charge on any atom is 0.248 e. The quantitative estimate of drug-likeness (QED) is 0.723. The first-order valence-electron chi connectivity index (χ1n) is 7.93. The molecule has 1 aliphatic rings. The number of hydrogen-bond donors (Lipinski definition) is 1. The largest absolute Gasteiger partial charge is 0.486 e. The van der Waals surface area contributed by atoms with Crippen LogP contribution in [0.2, 0.25) is 0 Å². The van der Waals surface area contributed by atoms with E-state index >= 15 is 0 Å². The molecule has 0 aliphatic carbocycles. The van der Waals surface area contributed by atoms with Gasteiger partial charge in [0, 0.05) is 11.8 Å². The van der Waals surface area contributed by atoms with E-state index in [-0.39, 0.29) is 5.91 Å². The zero-order valence-electron chi connectivity index (χ0n) is 13.6. The lowest BCUT2D eigenvalue weighted by molar-refractivity contribution is -0.111. The van der Waals surface area contributed by atoms with Crippen LogP contribution in [0.15, 0.2) is 42.5 Å². The van der Waals surface area contributed by atoms with Gasteiger partial charge in [-0.3, -0.25) is 4.79 Å². The van der Waals surface area contributed by atoms with Gasteiger partial charge in [0.25, 0.3) is 0 Å². The van der Waals surface area contributed by atoms with E-state index in [2.05, 4.69) is 10.3 Å². The molecule has 25 heavy (non-hydrogen) atoms. The first-order valence-corrected chi connectivity index (χ1v) is 8.75. The Balaban J connectivity index is 1.46. The molecule has 3 aromatic rings. The van der Waals surface area contributed by atoms with Gasteiger partial charge in [-0.25, -0.2) is 4.98 Å². The van der Waals surface area contributed by atoms with Crippen LogP contribution in [0.5, 0.6) is 11.5 Å². The van der Waals surface area contributed by atoms with Crippen molar-refractivity contribution in [1.29, 1.82) is 0 Å². The second-order valence-electron chi connectivity index (χ2n) is 5.64. The van der Waals surface area contributed by atoms with E-state index in [1.54, 1.807) is 17.4 Å². The summed E-state index contributed by atoms with van der Waals surface area (Å²) in [6, 6.07) is 11.3. The molecule has 0 radical (unpaired) electrons. The molecule has 6 heteroatoms. The number of aromatic nitrogens is 1. The number of amides is 1. The number of rotatable bonds is 3. The zero-order valence-corrected chi connectivity index (χ0v) is 14.4. The fraction of sp³-hybridized carbons (Fsp3) is 0.158. The third kappa shape index (κ3) is 3.49. The van der Waals surface area contributed by atoms with E-state index in [9.17, 15) is 4.79 Å². The van der Waals surface area contributed by atoms with Crippen LogP contribution >= 0.6 is 11.3 Å². The maximum atomic E-state index is 12.1. The standard InChI is InChI=1S/C19H16N2O3S/c1-12-20-15-5-4-14(11-18(15)25-12)21-19(22)7-3-13-2-6-16-17(10-13)24-9-8-23-16/h2-7,10-11H,8-9H2,1H3,(H,21,22)/b7-3+. The van der Waals surface area contributed by atoms with Gasteiger partial charge < -0.3 is 14.8 Å². The molecule has 1 amide bonds. The molecule has 1 aromatic heterocycles. The van der Waals surface area contributed by atoms with E-state index in [1.165, 1.54) is 6.08 Å². The minimum Gasteiger partial charge on any atom is -0.486 e.